The first kappa shape index (κ1) is 14.7. The second-order valence-corrected chi connectivity index (χ2v) is 4.22. The van der Waals surface area contributed by atoms with E-state index in [1.807, 2.05) is 0 Å². The zero-order valence-corrected chi connectivity index (χ0v) is 10.8. The average molecular weight is 299 g/mol. The van der Waals surface area contributed by atoms with Gasteiger partial charge in [0.25, 0.3) is 5.70 Å². The summed E-state index contributed by atoms with van der Waals surface area (Å²) in [6, 6.07) is 3.76. The fourth-order valence-corrected chi connectivity index (χ4v) is 2.08. The van der Waals surface area contributed by atoms with E-state index in [2.05, 4.69) is 15.4 Å². The van der Waals surface area contributed by atoms with Crippen molar-refractivity contribution in [1.82, 2.24) is 10.6 Å². The maximum atomic E-state index is 12.4. The number of nitrogens with zero attached hydrogens (tertiary/aromatic N) is 1. The molecule has 2 amide bonds. The highest BCUT2D eigenvalue weighted by Gasteiger charge is 2.37. The number of urea groups is 1. The summed E-state index contributed by atoms with van der Waals surface area (Å²) >= 11 is 0. The average Bonchev–Trinajstić information content (AvgIpc) is 2.37. The van der Waals surface area contributed by atoms with Gasteiger partial charge in [-0.05, 0) is 13.0 Å². The van der Waals surface area contributed by atoms with Crippen molar-refractivity contribution in [2.45, 2.75) is 19.6 Å². The van der Waals surface area contributed by atoms with Crippen molar-refractivity contribution in [2.24, 2.45) is 0 Å². The van der Waals surface area contributed by atoms with Gasteiger partial charge in [0.15, 0.2) is 6.04 Å². The summed E-state index contributed by atoms with van der Waals surface area (Å²) in [5, 5.41) is 15.8. The number of carbonyl (C=O) groups is 1. The van der Waals surface area contributed by atoms with Crippen LogP contribution in [-0.2, 0) is 0 Å². The highest BCUT2D eigenvalue weighted by Crippen LogP contribution is 2.33. The predicted octanol–water partition coefficient (Wildman–Crippen LogP) is 2.15. The Morgan fingerprint density at radius 3 is 2.67 bits per heavy atom. The van der Waals surface area contributed by atoms with Gasteiger partial charge in [0, 0.05) is 5.56 Å². The molecule has 0 aromatic heterocycles. The van der Waals surface area contributed by atoms with Crippen molar-refractivity contribution < 1.29 is 23.2 Å². The first-order chi connectivity index (χ1) is 9.90. The number of rotatable bonds is 4. The molecule has 7 nitrogen and oxygen atoms in total. The van der Waals surface area contributed by atoms with Crippen molar-refractivity contribution in [2.75, 3.05) is 0 Å². The Labute approximate surface area is 117 Å². The third-order valence-electron chi connectivity index (χ3n) is 2.88. The quantitative estimate of drug-likeness (QED) is 0.658. The molecule has 1 aromatic carbocycles. The highest BCUT2D eigenvalue weighted by molar-refractivity contribution is 5.78. The molecule has 0 bridgehead atoms. The van der Waals surface area contributed by atoms with E-state index in [1.54, 1.807) is 0 Å². The molecule has 0 fully saturated rings. The standard InChI is InChI=1S/C12H11F2N3O4/c1-6-10(17(19)20)9(16-12(18)15-6)7-4-2-3-5-8(7)21-11(13)14/h2-5,9,11H,1H3,(H2,15,16,18)/t9-/m0/s1. The van der Waals surface area contributed by atoms with Crippen LogP contribution in [0.3, 0.4) is 0 Å². The second kappa shape index (κ2) is 5.73. The fraction of sp³-hybridized carbons (Fsp3) is 0.250. The Hall–Kier alpha value is -2.71. The van der Waals surface area contributed by atoms with Gasteiger partial charge < -0.3 is 15.4 Å². The number of nitrogens with one attached hydrogen (secondary N) is 2. The lowest BCUT2D eigenvalue weighted by Crippen LogP contribution is -2.45. The maximum Gasteiger partial charge on any atom is 0.387 e. The molecule has 0 radical (unpaired) electrons. The van der Waals surface area contributed by atoms with Crippen LogP contribution in [0.25, 0.3) is 0 Å². The van der Waals surface area contributed by atoms with Gasteiger partial charge in [0.05, 0.1) is 10.6 Å². The van der Waals surface area contributed by atoms with E-state index in [0.29, 0.717) is 0 Å². The summed E-state index contributed by atoms with van der Waals surface area (Å²) in [4.78, 5) is 22.0. The van der Waals surface area contributed by atoms with Gasteiger partial charge in [-0.25, -0.2) is 4.79 Å². The van der Waals surface area contributed by atoms with Gasteiger partial charge >= 0.3 is 12.6 Å². The molecule has 1 heterocycles. The minimum Gasteiger partial charge on any atom is -0.434 e. The van der Waals surface area contributed by atoms with Crippen LogP contribution in [0.1, 0.15) is 18.5 Å². The van der Waals surface area contributed by atoms with Crippen LogP contribution in [0.15, 0.2) is 35.7 Å². The molecule has 1 aliphatic rings. The van der Waals surface area contributed by atoms with Gasteiger partial charge in [0.2, 0.25) is 0 Å². The van der Waals surface area contributed by atoms with Crippen molar-refractivity contribution >= 4 is 6.03 Å². The molecule has 0 spiro atoms. The van der Waals surface area contributed by atoms with Crippen LogP contribution in [0, 0.1) is 10.1 Å². The SMILES string of the molecule is CC1=C([N+](=O)[O-])[C@H](c2ccccc2OC(F)F)NC(=O)N1. The molecule has 2 N–H and O–H groups in total. The summed E-state index contributed by atoms with van der Waals surface area (Å²) < 4.78 is 29.2. The number of amides is 2. The second-order valence-electron chi connectivity index (χ2n) is 4.22. The zero-order chi connectivity index (χ0) is 15.6. The number of alkyl halides is 2. The zero-order valence-electron chi connectivity index (χ0n) is 10.8. The van der Waals surface area contributed by atoms with E-state index >= 15 is 0 Å². The third kappa shape index (κ3) is 3.07. The maximum absolute atomic E-state index is 12.4. The van der Waals surface area contributed by atoms with E-state index < -0.39 is 23.6 Å². The topological polar surface area (TPSA) is 93.5 Å². The minimum absolute atomic E-state index is 0.0422. The molecule has 0 saturated heterocycles. The Morgan fingerprint density at radius 1 is 1.38 bits per heavy atom. The molecule has 1 aliphatic heterocycles. The number of para-hydroxylation sites is 1. The number of hydrogen-bond acceptors (Lipinski definition) is 4. The van der Waals surface area contributed by atoms with Crippen LogP contribution in [0.4, 0.5) is 13.6 Å². The van der Waals surface area contributed by atoms with Crippen LogP contribution < -0.4 is 15.4 Å². The van der Waals surface area contributed by atoms with E-state index in [0.717, 1.165) is 0 Å². The van der Waals surface area contributed by atoms with Gasteiger partial charge in [-0.3, -0.25) is 10.1 Å². The van der Waals surface area contributed by atoms with E-state index in [9.17, 15) is 23.7 Å². The predicted molar refractivity (Wildman–Crippen MR) is 67.2 cm³/mol. The molecule has 1 atom stereocenters. The lowest BCUT2D eigenvalue weighted by Gasteiger charge is -2.24. The Bertz CT molecular complexity index is 618. The lowest BCUT2D eigenvalue weighted by molar-refractivity contribution is -0.432. The van der Waals surface area contributed by atoms with Crippen LogP contribution in [0.2, 0.25) is 0 Å². The molecular weight excluding hydrogens is 288 g/mol. The monoisotopic (exact) mass is 299 g/mol. The van der Waals surface area contributed by atoms with Crippen molar-refractivity contribution in [3.05, 3.63) is 51.3 Å². The van der Waals surface area contributed by atoms with Gasteiger partial charge in [-0.1, -0.05) is 18.2 Å². The lowest BCUT2D eigenvalue weighted by atomic mass is 10.0. The summed E-state index contributed by atoms with van der Waals surface area (Å²) in [5.74, 6) is -0.230. The van der Waals surface area contributed by atoms with Crippen molar-refractivity contribution in [3.8, 4) is 5.75 Å². The first-order valence-corrected chi connectivity index (χ1v) is 5.86. The summed E-state index contributed by atoms with van der Waals surface area (Å²) in [7, 11) is 0. The number of halogens is 2. The highest BCUT2D eigenvalue weighted by atomic mass is 19.3. The van der Waals surface area contributed by atoms with Gasteiger partial charge in [0.1, 0.15) is 5.75 Å². The van der Waals surface area contributed by atoms with E-state index in [-0.39, 0.29) is 22.7 Å². The number of hydrogen-bond donors (Lipinski definition) is 2. The Kier molecular flexibility index (Phi) is 4.01. The molecule has 1 aromatic rings. The van der Waals surface area contributed by atoms with Crippen LogP contribution in [-0.4, -0.2) is 17.6 Å². The normalized spacial score (nSPS) is 18.3. The number of benzene rings is 1. The molecule has 0 unspecified atom stereocenters. The number of allylic oxidation sites excluding steroid dienone is 1. The van der Waals surface area contributed by atoms with Crippen molar-refractivity contribution in [3.63, 3.8) is 0 Å². The van der Waals surface area contributed by atoms with Crippen molar-refractivity contribution in [1.29, 1.82) is 0 Å². The first-order valence-electron chi connectivity index (χ1n) is 5.86. The summed E-state index contributed by atoms with van der Waals surface area (Å²) in [6.07, 6.45) is 0. The number of carbonyl (C=O) groups excluding carboxylic acids is 1. The van der Waals surface area contributed by atoms with Gasteiger partial charge in [-0.15, -0.1) is 0 Å². The molecule has 21 heavy (non-hydrogen) atoms. The molecule has 0 saturated carbocycles. The number of nitro groups is 1. The largest absolute Gasteiger partial charge is 0.434 e. The number of ether oxygens (including phenoxy) is 1. The Morgan fingerprint density at radius 2 is 2.05 bits per heavy atom. The smallest absolute Gasteiger partial charge is 0.387 e. The molecule has 9 heteroatoms. The molecule has 112 valence electrons. The molecular formula is C12H11F2N3O4. The Balaban J connectivity index is 2.51. The van der Waals surface area contributed by atoms with Gasteiger partial charge in [-0.2, -0.15) is 8.78 Å². The molecule has 2 rings (SSSR count). The summed E-state index contributed by atoms with van der Waals surface area (Å²) in [6.45, 7) is -1.71. The van der Waals surface area contributed by atoms with Crippen LogP contribution in [0.5, 0.6) is 5.75 Å². The van der Waals surface area contributed by atoms with Crippen LogP contribution >= 0.6 is 0 Å². The van der Waals surface area contributed by atoms with E-state index in [1.165, 1.54) is 31.2 Å². The summed E-state index contributed by atoms with van der Waals surface area (Å²) in [5.41, 5.74) is -0.209. The minimum atomic E-state index is -3.08. The van der Waals surface area contributed by atoms with E-state index in [4.69, 9.17) is 0 Å². The fourth-order valence-electron chi connectivity index (χ4n) is 2.08. The third-order valence-corrected chi connectivity index (χ3v) is 2.88. The molecule has 0 aliphatic carbocycles.